The molecule has 2 aromatic rings. The van der Waals surface area contributed by atoms with E-state index in [1.165, 1.54) is 5.56 Å². The fourth-order valence-corrected chi connectivity index (χ4v) is 3.11. The van der Waals surface area contributed by atoms with E-state index in [9.17, 15) is 4.79 Å². The van der Waals surface area contributed by atoms with E-state index in [4.69, 9.17) is 0 Å². The molecule has 4 nitrogen and oxygen atoms in total. The predicted octanol–water partition coefficient (Wildman–Crippen LogP) is 3.68. The van der Waals surface area contributed by atoms with Crippen LogP contribution in [-0.2, 0) is 23.2 Å². The van der Waals surface area contributed by atoms with Crippen LogP contribution in [0.2, 0.25) is 0 Å². The molecule has 124 valence electrons. The van der Waals surface area contributed by atoms with Crippen LogP contribution in [-0.4, -0.2) is 29.9 Å². The molecule has 1 heterocycles. The van der Waals surface area contributed by atoms with Crippen molar-refractivity contribution < 1.29 is 4.79 Å². The minimum absolute atomic E-state index is 0.0322. The molecule has 23 heavy (non-hydrogen) atoms. The Morgan fingerprint density at radius 3 is 2.43 bits per heavy atom. The van der Waals surface area contributed by atoms with Crippen LogP contribution in [0.4, 0.5) is 5.69 Å². The van der Waals surface area contributed by atoms with Crippen LogP contribution in [0.1, 0.15) is 37.0 Å². The molecule has 0 saturated carbocycles. The van der Waals surface area contributed by atoms with E-state index in [1.807, 2.05) is 31.6 Å². The van der Waals surface area contributed by atoms with E-state index >= 15 is 0 Å². The first kappa shape index (κ1) is 17.6. The van der Waals surface area contributed by atoms with Gasteiger partial charge in [-0.3, -0.25) is 4.79 Å². The molecule has 1 N–H and O–H groups in total. The Bertz CT molecular complexity index is 654. The maximum Gasteiger partial charge on any atom is 0.230 e. The van der Waals surface area contributed by atoms with Gasteiger partial charge in [-0.2, -0.15) is 0 Å². The van der Waals surface area contributed by atoms with Crippen LogP contribution in [0.5, 0.6) is 0 Å². The van der Waals surface area contributed by atoms with Crippen molar-refractivity contribution in [1.82, 2.24) is 9.88 Å². The molecular weight excluding hydrogens is 306 g/mol. The third-order valence-electron chi connectivity index (χ3n) is 3.43. The number of aromatic nitrogens is 1. The second-order valence-electron chi connectivity index (χ2n) is 7.02. The summed E-state index contributed by atoms with van der Waals surface area (Å²) in [6, 6.07) is 8.04. The smallest absolute Gasteiger partial charge is 0.230 e. The summed E-state index contributed by atoms with van der Waals surface area (Å²) in [5, 5.41) is 5.93. The molecule has 0 bridgehead atoms. The van der Waals surface area contributed by atoms with E-state index in [0.717, 1.165) is 22.9 Å². The Morgan fingerprint density at radius 2 is 1.87 bits per heavy atom. The number of carbonyl (C=O) groups excluding carboxylic acids is 1. The maximum absolute atomic E-state index is 12.1. The number of anilines is 1. The zero-order valence-corrected chi connectivity index (χ0v) is 15.3. The van der Waals surface area contributed by atoms with Crippen molar-refractivity contribution in [2.24, 2.45) is 0 Å². The van der Waals surface area contributed by atoms with Gasteiger partial charge in [-0.05, 0) is 37.2 Å². The van der Waals surface area contributed by atoms with Gasteiger partial charge in [0.2, 0.25) is 5.91 Å². The van der Waals surface area contributed by atoms with Crippen molar-refractivity contribution in [3.63, 3.8) is 0 Å². The highest BCUT2D eigenvalue weighted by Crippen LogP contribution is 2.23. The van der Waals surface area contributed by atoms with Gasteiger partial charge in [0.05, 0.1) is 12.1 Å². The van der Waals surface area contributed by atoms with Gasteiger partial charge < -0.3 is 10.2 Å². The second-order valence-corrected chi connectivity index (χ2v) is 7.97. The summed E-state index contributed by atoms with van der Waals surface area (Å²) in [6.45, 7) is 7.33. The van der Waals surface area contributed by atoms with Crippen molar-refractivity contribution in [1.29, 1.82) is 0 Å². The van der Waals surface area contributed by atoms with Crippen molar-refractivity contribution >= 4 is 22.9 Å². The maximum atomic E-state index is 12.1. The minimum Gasteiger partial charge on any atom is -0.326 e. The number of benzene rings is 1. The molecule has 0 fully saturated rings. The fraction of sp³-hybridized carbons (Fsp3) is 0.444. The first-order valence-electron chi connectivity index (χ1n) is 7.72. The Labute approximate surface area is 142 Å². The molecule has 0 unspecified atom stereocenters. The van der Waals surface area contributed by atoms with Crippen molar-refractivity contribution in [3.8, 4) is 0 Å². The van der Waals surface area contributed by atoms with Gasteiger partial charge in [0.1, 0.15) is 5.01 Å². The highest BCUT2D eigenvalue weighted by atomic mass is 32.1. The van der Waals surface area contributed by atoms with Gasteiger partial charge in [-0.15, -0.1) is 11.3 Å². The first-order chi connectivity index (χ1) is 10.7. The SMILES string of the molecule is CN(C)Cc1nc(CC(=O)Nc2ccc(C(C)(C)C)cc2)cs1. The van der Waals surface area contributed by atoms with E-state index < -0.39 is 0 Å². The summed E-state index contributed by atoms with van der Waals surface area (Å²) in [5.41, 5.74) is 3.03. The lowest BCUT2D eigenvalue weighted by atomic mass is 9.87. The van der Waals surface area contributed by atoms with Gasteiger partial charge in [0.25, 0.3) is 0 Å². The zero-order chi connectivity index (χ0) is 17.0. The summed E-state index contributed by atoms with van der Waals surface area (Å²) in [7, 11) is 4.02. The monoisotopic (exact) mass is 331 g/mol. The molecule has 2 rings (SSSR count). The summed E-state index contributed by atoms with van der Waals surface area (Å²) in [6.07, 6.45) is 0.310. The number of thiazole rings is 1. The van der Waals surface area contributed by atoms with Gasteiger partial charge in [-0.25, -0.2) is 4.98 Å². The molecule has 0 saturated heterocycles. The third-order valence-corrected chi connectivity index (χ3v) is 4.31. The van der Waals surface area contributed by atoms with E-state index in [0.29, 0.717) is 6.42 Å². The van der Waals surface area contributed by atoms with Gasteiger partial charge in [-0.1, -0.05) is 32.9 Å². The van der Waals surface area contributed by atoms with Crippen LogP contribution >= 0.6 is 11.3 Å². The van der Waals surface area contributed by atoms with E-state index in [2.05, 4.69) is 48.1 Å². The number of amides is 1. The molecule has 0 atom stereocenters. The first-order valence-corrected chi connectivity index (χ1v) is 8.60. The molecular formula is C18H25N3OS. The van der Waals surface area contributed by atoms with E-state index in [1.54, 1.807) is 11.3 Å². The zero-order valence-electron chi connectivity index (χ0n) is 14.5. The van der Waals surface area contributed by atoms with Gasteiger partial charge >= 0.3 is 0 Å². The molecule has 0 radical (unpaired) electrons. The number of carbonyl (C=O) groups is 1. The Hall–Kier alpha value is -1.72. The number of hydrogen-bond donors (Lipinski definition) is 1. The summed E-state index contributed by atoms with van der Waals surface area (Å²) in [4.78, 5) is 18.7. The van der Waals surface area contributed by atoms with Crippen molar-refractivity contribution in [2.75, 3.05) is 19.4 Å². The standard InChI is InChI=1S/C18H25N3OS/c1-18(2,3)13-6-8-14(9-7-13)19-16(22)10-15-12-23-17(20-15)11-21(4)5/h6-9,12H,10-11H2,1-5H3,(H,19,22). The van der Waals surface area contributed by atoms with Crippen LogP contribution < -0.4 is 5.32 Å². The lowest BCUT2D eigenvalue weighted by Crippen LogP contribution is -2.16. The number of nitrogens with one attached hydrogen (secondary N) is 1. The fourth-order valence-electron chi connectivity index (χ4n) is 2.20. The molecule has 0 aliphatic heterocycles. The largest absolute Gasteiger partial charge is 0.326 e. The molecule has 0 aliphatic rings. The Morgan fingerprint density at radius 1 is 1.22 bits per heavy atom. The molecule has 1 amide bonds. The quantitative estimate of drug-likeness (QED) is 0.909. The van der Waals surface area contributed by atoms with Crippen molar-refractivity contribution in [3.05, 3.63) is 45.9 Å². The number of rotatable bonds is 5. The van der Waals surface area contributed by atoms with Crippen LogP contribution in [0.3, 0.4) is 0 Å². The molecule has 5 heteroatoms. The number of hydrogen-bond acceptors (Lipinski definition) is 4. The van der Waals surface area contributed by atoms with Gasteiger partial charge in [0, 0.05) is 17.6 Å². The average molecular weight is 331 g/mol. The van der Waals surface area contributed by atoms with Crippen LogP contribution in [0.15, 0.2) is 29.6 Å². The molecule has 0 spiro atoms. The average Bonchev–Trinajstić information content (AvgIpc) is 2.84. The highest BCUT2D eigenvalue weighted by Gasteiger charge is 2.13. The highest BCUT2D eigenvalue weighted by molar-refractivity contribution is 7.09. The van der Waals surface area contributed by atoms with Crippen molar-refractivity contribution in [2.45, 2.75) is 39.2 Å². The predicted molar refractivity (Wildman–Crippen MR) is 97.0 cm³/mol. The molecule has 1 aromatic carbocycles. The normalized spacial score (nSPS) is 11.7. The summed E-state index contributed by atoms with van der Waals surface area (Å²) >= 11 is 1.60. The van der Waals surface area contributed by atoms with Crippen LogP contribution in [0.25, 0.3) is 0 Å². The summed E-state index contributed by atoms with van der Waals surface area (Å²) in [5.74, 6) is -0.0322. The minimum atomic E-state index is -0.0322. The summed E-state index contributed by atoms with van der Waals surface area (Å²) < 4.78 is 0. The lowest BCUT2D eigenvalue weighted by Gasteiger charge is -2.19. The number of nitrogens with zero attached hydrogens (tertiary/aromatic N) is 2. The third kappa shape index (κ3) is 5.44. The topological polar surface area (TPSA) is 45.2 Å². The van der Waals surface area contributed by atoms with Crippen LogP contribution in [0, 0.1) is 0 Å². The second kappa shape index (κ2) is 7.23. The van der Waals surface area contributed by atoms with E-state index in [-0.39, 0.29) is 11.3 Å². The molecule has 1 aromatic heterocycles. The van der Waals surface area contributed by atoms with Gasteiger partial charge in [0.15, 0.2) is 0 Å². The Balaban J connectivity index is 1.93. The lowest BCUT2D eigenvalue weighted by molar-refractivity contribution is -0.115. The molecule has 0 aliphatic carbocycles. The Kier molecular flexibility index (Phi) is 5.55.